The monoisotopic (exact) mass is 291 g/mol. The number of aromatic nitrogens is 1. The van der Waals surface area contributed by atoms with E-state index in [9.17, 15) is 9.90 Å². The van der Waals surface area contributed by atoms with Gasteiger partial charge in [-0.3, -0.25) is 0 Å². The zero-order valence-electron chi connectivity index (χ0n) is 13.3. The average molecular weight is 291 g/mol. The van der Waals surface area contributed by atoms with Crippen LogP contribution in [0.4, 0.5) is 0 Å². The number of rotatable bonds is 4. The fourth-order valence-electron chi connectivity index (χ4n) is 3.18. The SMILES string of the molecule is Cc1ccc(C(=O)O)c(OC2CC(C)CCC2C(C)C)n1. The zero-order chi connectivity index (χ0) is 15.6. The largest absolute Gasteiger partial charge is 0.477 e. The van der Waals surface area contributed by atoms with Crippen LogP contribution in [0, 0.1) is 24.7 Å². The highest BCUT2D eigenvalue weighted by Crippen LogP contribution is 2.36. The molecular formula is C17H25NO3. The molecule has 1 saturated carbocycles. The van der Waals surface area contributed by atoms with Gasteiger partial charge in [-0.05, 0) is 49.7 Å². The maximum atomic E-state index is 11.3. The quantitative estimate of drug-likeness (QED) is 0.913. The number of aryl methyl sites for hydroxylation is 1. The molecular weight excluding hydrogens is 266 g/mol. The summed E-state index contributed by atoms with van der Waals surface area (Å²) >= 11 is 0. The van der Waals surface area contributed by atoms with Crippen molar-refractivity contribution in [2.24, 2.45) is 17.8 Å². The van der Waals surface area contributed by atoms with Crippen LogP contribution in [0.3, 0.4) is 0 Å². The Hall–Kier alpha value is -1.58. The lowest BCUT2D eigenvalue weighted by Gasteiger charge is -2.37. The van der Waals surface area contributed by atoms with Gasteiger partial charge in [0.1, 0.15) is 11.7 Å². The van der Waals surface area contributed by atoms with E-state index in [-0.39, 0.29) is 17.5 Å². The molecule has 0 aliphatic heterocycles. The summed E-state index contributed by atoms with van der Waals surface area (Å²) in [5, 5.41) is 9.29. The summed E-state index contributed by atoms with van der Waals surface area (Å²) in [6.07, 6.45) is 3.38. The van der Waals surface area contributed by atoms with Crippen molar-refractivity contribution in [3.8, 4) is 5.88 Å². The fourth-order valence-corrected chi connectivity index (χ4v) is 3.18. The van der Waals surface area contributed by atoms with Crippen LogP contribution >= 0.6 is 0 Å². The molecule has 0 amide bonds. The van der Waals surface area contributed by atoms with Crippen LogP contribution in [0.5, 0.6) is 5.88 Å². The molecule has 4 nitrogen and oxygen atoms in total. The molecule has 4 heteroatoms. The van der Waals surface area contributed by atoms with E-state index >= 15 is 0 Å². The second-order valence-corrected chi connectivity index (χ2v) is 6.59. The molecule has 0 aromatic carbocycles. The number of hydrogen-bond donors (Lipinski definition) is 1. The Balaban J connectivity index is 2.26. The molecule has 1 aliphatic carbocycles. The van der Waals surface area contributed by atoms with Gasteiger partial charge in [-0.15, -0.1) is 0 Å². The summed E-state index contributed by atoms with van der Waals surface area (Å²) in [5.41, 5.74) is 0.932. The molecule has 3 unspecified atom stereocenters. The lowest BCUT2D eigenvalue weighted by atomic mass is 9.75. The highest BCUT2D eigenvalue weighted by atomic mass is 16.5. The molecule has 0 spiro atoms. The zero-order valence-corrected chi connectivity index (χ0v) is 13.3. The summed E-state index contributed by atoms with van der Waals surface area (Å²) in [5.74, 6) is 0.892. The van der Waals surface area contributed by atoms with Gasteiger partial charge in [0.2, 0.25) is 5.88 Å². The predicted molar refractivity (Wildman–Crippen MR) is 81.7 cm³/mol. The van der Waals surface area contributed by atoms with Crippen LogP contribution in [-0.4, -0.2) is 22.2 Å². The van der Waals surface area contributed by atoms with E-state index in [1.807, 2.05) is 6.92 Å². The van der Waals surface area contributed by atoms with E-state index < -0.39 is 5.97 Å². The molecule has 116 valence electrons. The van der Waals surface area contributed by atoms with Crippen LogP contribution in [0.1, 0.15) is 56.1 Å². The van der Waals surface area contributed by atoms with Gasteiger partial charge in [0.15, 0.2) is 0 Å². The lowest BCUT2D eigenvalue weighted by molar-refractivity contribution is 0.0402. The number of hydrogen-bond acceptors (Lipinski definition) is 3. The van der Waals surface area contributed by atoms with Gasteiger partial charge in [0.05, 0.1) is 0 Å². The van der Waals surface area contributed by atoms with E-state index in [4.69, 9.17) is 4.74 Å². The van der Waals surface area contributed by atoms with E-state index in [0.717, 1.165) is 18.5 Å². The van der Waals surface area contributed by atoms with E-state index in [1.54, 1.807) is 12.1 Å². The first kappa shape index (κ1) is 15.8. The maximum Gasteiger partial charge on any atom is 0.341 e. The standard InChI is InChI=1S/C17H25NO3/c1-10(2)13-7-5-11(3)9-15(13)21-16-14(17(19)20)8-6-12(4)18-16/h6,8,10-11,13,15H,5,7,9H2,1-4H3,(H,19,20). The van der Waals surface area contributed by atoms with Crippen molar-refractivity contribution < 1.29 is 14.6 Å². The summed E-state index contributed by atoms with van der Waals surface area (Å²) in [7, 11) is 0. The molecule has 1 heterocycles. The van der Waals surface area contributed by atoms with Gasteiger partial charge < -0.3 is 9.84 Å². The maximum absolute atomic E-state index is 11.3. The number of ether oxygens (including phenoxy) is 1. The number of carboxylic acids is 1. The van der Waals surface area contributed by atoms with E-state index in [2.05, 4.69) is 25.8 Å². The van der Waals surface area contributed by atoms with Crippen LogP contribution in [-0.2, 0) is 0 Å². The van der Waals surface area contributed by atoms with Crippen molar-refractivity contribution in [1.82, 2.24) is 4.98 Å². The molecule has 0 bridgehead atoms. The van der Waals surface area contributed by atoms with Crippen LogP contribution < -0.4 is 4.74 Å². The first-order valence-electron chi connectivity index (χ1n) is 7.76. The summed E-state index contributed by atoms with van der Waals surface area (Å²) in [6, 6.07) is 3.29. The second-order valence-electron chi connectivity index (χ2n) is 6.59. The number of nitrogens with zero attached hydrogens (tertiary/aromatic N) is 1. The molecule has 1 aromatic rings. The van der Waals surface area contributed by atoms with Gasteiger partial charge in [0.25, 0.3) is 0 Å². The third kappa shape index (κ3) is 3.74. The predicted octanol–water partition coefficient (Wildman–Crippen LogP) is 3.93. The fraction of sp³-hybridized carbons (Fsp3) is 0.647. The third-order valence-electron chi connectivity index (χ3n) is 4.45. The molecule has 3 atom stereocenters. The lowest BCUT2D eigenvalue weighted by Crippen LogP contribution is -2.37. The highest BCUT2D eigenvalue weighted by molar-refractivity contribution is 5.90. The Bertz CT molecular complexity index is 513. The average Bonchev–Trinajstić information content (AvgIpc) is 2.38. The third-order valence-corrected chi connectivity index (χ3v) is 4.45. The Morgan fingerprint density at radius 1 is 1.38 bits per heavy atom. The molecule has 1 fully saturated rings. The number of pyridine rings is 1. The molecule has 1 aliphatic rings. The summed E-state index contributed by atoms with van der Waals surface area (Å²) < 4.78 is 6.08. The van der Waals surface area contributed by atoms with Crippen LogP contribution in [0.25, 0.3) is 0 Å². The smallest absolute Gasteiger partial charge is 0.341 e. The van der Waals surface area contributed by atoms with Crippen molar-refractivity contribution in [3.63, 3.8) is 0 Å². The van der Waals surface area contributed by atoms with Crippen LogP contribution in [0.2, 0.25) is 0 Å². The topological polar surface area (TPSA) is 59.4 Å². The van der Waals surface area contributed by atoms with Gasteiger partial charge in [-0.2, -0.15) is 0 Å². The van der Waals surface area contributed by atoms with E-state index in [1.165, 1.54) is 6.42 Å². The number of carbonyl (C=O) groups is 1. The first-order valence-corrected chi connectivity index (χ1v) is 7.76. The molecule has 2 rings (SSSR count). The minimum atomic E-state index is -0.984. The number of carboxylic acid groups (broad SMARTS) is 1. The van der Waals surface area contributed by atoms with Crippen molar-refractivity contribution in [2.45, 2.75) is 53.1 Å². The van der Waals surface area contributed by atoms with Crippen molar-refractivity contribution in [2.75, 3.05) is 0 Å². The molecule has 1 aromatic heterocycles. The van der Waals surface area contributed by atoms with Crippen LogP contribution in [0.15, 0.2) is 12.1 Å². The normalized spacial score (nSPS) is 25.9. The van der Waals surface area contributed by atoms with Gasteiger partial charge in [0, 0.05) is 5.69 Å². The van der Waals surface area contributed by atoms with Gasteiger partial charge >= 0.3 is 5.97 Å². The molecule has 0 saturated heterocycles. The van der Waals surface area contributed by atoms with E-state index in [0.29, 0.717) is 17.8 Å². The Labute approximate surface area is 126 Å². The van der Waals surface area contributed by atoms with Gasteiger partial charge in [-0.25, -0.2) is 9.78 Å². The summed E-state index contributed by atoms with van der Waals surface area (Å²) in [6.45, 7) is 8.49. The minimum Gasteiger partial charge on any atom is -0.477 e. The van der Waals surface area contributed by atoms with Crippen molar-refractivity contribution in [3.05, 3.63) is 23.4 Å². The Morgan fingerprint density at radius 3 is 2.71 bits per heavy atom. The molecule has 1 N–H and O–H groups in total. The second kappa shape index (κ2) is 6.46. The Morgan fingerprint density at radius 2 is 2.10 bits per heavy atom. The van der Waals surface area contributed by atoms with Crippen molar-refractivity contribution in [1.29, 1.82) is 0 Å². The van der Waals surface area contributed by atoms with Crippen molar-refractivity contribution >= 4 is 5.97 Å². The summed E-state index contributed by atoms with van der Waals surface area (Å²) in [4.78, 5) is 15.6. The minimum absolute atomic E-state index is 0.0566. The first-order chi connectivity index (χ1) is 9.88. The Kier molecular flexibility index (Phi) is 4.86. The number of aromatic carboxylic acids is 1. The van der Waals surface area contributed by atoms with Gasteiger partial charge in [-0.1, -0.05) is 27.2 Å². The molecule has 0 radical (unpaired) electrons. The highest BCUT2D eigenvalue weighted by Gasteiger charge is 2.33. The molecule has 21 heavy (non-hydrogen) atoms.